The molecule has 2 aromatic rings. The maximum absolute atomic E-state index is 12.6. The summed E-state index contributed by atoms with van der Waals surface area (Å²) in [4.78, 5) is 33.6. The van der Waals surface area contributed by atoms with Gasteiger partial charge in [-0.3, -0.25) is 9.59 Å². The molecule has 0 spiro atoms. The van der Waals surface area contributed by atoms with Gasteiger partial charge in [-0.15, -0.1) is 11.3 Å². The van der Waals surface area contributed by atoms with Gasteiger partial charge in [0.1, 0.15) is 5.82 Å². The summed E-state index contributed by atoms with van der Waals surface area (Å²) in [6, 6.07) is 6.02. The van der Waals surface area contributed by atoms with Crippen LogP contribution in [0.4, 0.5) is 19.0 Å². The number of piperazine rings is 1. The molecular formula is C19H20F3N3O2S. The molecule has 150 valence electrons. The summed E-state index contributed by atoms with van der Waals surface area (Å²) in [5, 5.41) is 0. The van der Waals surface area contributed by atoms with Crippen LogP contribution in [0, 0.1) is 6.92 Å². The number of hydrogen-bond acceptors (Lipinski definition) is 5. The Morgan fingerprint density at radius 3 is 2.32 bits per heavy atom. The van der Waals surface area contributed by atoms with Gasteiger partial charge in [0.05, 0.1) is 10.4 Å². The number of hydrogen-bond donors (Lipinski definition) is 0. The third-order valence-corrected chi connectivity index (χ3v) is 5.65. The number of alkyl halides is 3. The van der Waals surface area contributed by atoms with Crippen molar-refractivity contribution < 1.29 is 22.8 Å². The van der Waals surface area contributed by atoms with E-state index in [1.165, 1.54) is 17.4 Å². The minimum atomic E-state index is -4.41. The van der Waals surface area contributed by atoms with Gasteiger partial charge >= 0.3 is 6.18 Å². The van der Waals surface area contributed by atoms with Gasteiger partial charge in [0.25, 0.3) is 0 Å². The standard InChI is InChI=1S/C19H20F3N3O2S/c1-13-2-5-16(28-13)15(26)4-7-18(27)25-10-8-24(9-11-25)17-6-3-14(12-23-17)19(20,21)22/h2-3,5-6,12H,4,7-11H2,1H3. The highest BCUT2D eigenvalue weighted by atomic mass is 32.1. The number of ketones is 1. The summed E-state index contributed by atoms with van der Waals surface area (Å²) >= 11 is 1.42. The van der Waals surface area contributed by atoms with E-state index in [4.69, 9.17) is 0 Å². The topological polar surface area (TPSA) is 53.5 Å². The van der Waals surface area contributed by atoms with Crippen LogP contribution in [0.3, 0.4) is 0 Å². The second-order valence-corrected chi connectivity index (χ2v) is 7.89. The van der Waals surface area contributed by atoms with Crippen LogP contribution in [0.15, 0.2) is 30.5 Å². The number of thiophene rings is 1. The molecule has 0 aromatic carbocycles. The highest BCUT2D eigenvalue weighted by molar-refractivity contribution is 7.14. The zero-order valence-corrected chi connectivity index (χ0v) is 16.1. The first kappa shape index (κ1) is 20.3. The van der Waals surface area contributed by atoms with Crippen molar-refractivity contribution >= 4 is 28.8 Å². The summed E-state index contributed by atoms with van der Waals surface area (Å²) < 4.78 is 37.9. The molecule has 0 bridgehead atoms. The smallest absolute Gasteiger partial charge is 0.353 e. The molecule has 2 aromatic heterocycles. The first-order chi connectivity index (χ1) is 13.2. The minimum Gasteiger partial charge on any atom is -0.353 e. The lowest BCUT2D eigenvalue weighted by Crippen LogP contribution is -2.49. The lowest BCUT2D eigenvalue weighted by Gasteiger charge is -2.35. The van der Waals surface area contributed by atoms with E-state index in [0.717, 1.165) is 17.1 Å². The first-order valence-electron chi connectivity index (χ1n) is 8.89. The minimum absolute atomic E-state index is 0.0287. The molecule has 1 saturated heterocycles. The second-order valence-electron chi connectivity index (χ2n) is 6.60. The molecule has 5 nitrogen and oxygen atoms in total. The number of amides is 1. The van der Waals surface area contributed by atoms with Crippen molar-refractivity contribution in [3.05, 3.63) is 45.8 Å². The Morgan fingerprint density at radius 2 is 1.79 bits per heavy atom. The maximum Gasteiger partial charge on any atom is 0.417 e. The Bertz CT molecular complexity index is 841. The molecule has 28 heavy (non-hydrogen) atoms. The number of pyridine rings is 1. The van der Waals surface area contributed by atoms with Crippen molar-refractivity contribution in [1.29, 1.82) is 0 Å². The van der Waals surface area contributed by atoms with Crippen LogP contribution in [0.1, 0.15) is 33.0 Å². The van der Waals surface area contributed by atoms with Gasteiger partial charge in [0.2, 0.25) is 5.91 Å². The predicted molar refractivity (Wildman–Crippen MR) is 101 cm³/mol. The molecule has 0 unspecified atom stereocenters. The first-order valence-corrected chi connectivity index (χ1v) is 9.71. The zero-order valence-electron chi connectivity index (χ0n) is 15.3. The molecule has 0 N–H and O–H groups in total. The van der Waals surface area contributed by atoms with Crippen LogP contribution in [0.5, 0.6) is 0 Å². The predicted octanol–water partition coefficient (Wildman–Crippen LogP) is 3.78. The van der Waals surface area contributed by atoms with E-state index >= 15 is 0 Å². The molecule has 3 rings (SSSR count). The maximum atomic E-state index is 12.6. The van der Waals surface area contributed by atoms with E-state index < -0.39 is 11.7 Å². The van der Waals surface area contributed by atoms with E-state index in [-0.39, 0.29) is 24.5 Å². The summed E-state index contributed by atoms with van der Waals surface area (Å²) in [5.41, 5.74) is -0.782. The third kappa shape index (κ3) is 4.89. The fourth-order valence-electron chi connectivity index (χ4n) is 3.01. The van der Waals surface area contributed by atoms with Crippen LogP contribution < -0.4 is 4.90 Å². The molecule has 1 aliphatic heterocycles. The number of carbonyl (C=O) groups is 2. The molecule has 1 amide bonds. The van der Waals surface area contributed by atoms with Crippen LogP contribution in [-0.4, -0.2) is 47.8 Å². The Morgan fingerprint density at radius 1 is 1.07 bits per heavy atom. The van der Waals surface area contributed by atoms with E-state index in [1.54, 1.807) is 11.0 Å². The molecule has 0 saturated carbocycles. The lowest BCUT2D eigenvalue weighted by atomic mass is 10.1. The molecule has 0 aliphatic carbocycles. The Hall–Kier alpha value is -2.42. The molecule has 9 heteroatoms. The highest BCUT2D eigenvalue weighted by Crippen LogP contribution is 2.29. The number of nitrogens with zero attached hydrogens (tertiary/aromatic N) is 3. The number of halogens is 3. The van der Waals surface area contributed by atoms with Crippen molar-refractivity contribution in [2.24, 2.45) is 0 Å². The molecule has 1 fully saturated rings. The summed E-state index contributed by atoms with van der Waals surface area (Å²) in [5.74, 6) is 0.351. The molecule has 0 radical (unpaired) electrons. The Kier molecular flexibility index (Phi) is 6.02. The van der Waals surface area contributed by atoms with Crippen molar-refractivity contribution in [3.63, 3.8) is 0 Å². The molecular weight excluding hydrogens is 391 g/mol. The van der Waals surface area contributed by atoms with E-state index in [9.17, 15) is 22.8 Å². The van der Waals surface area contributed by atoms with Gasteiger partial charge in [-0.25, -0.2) is 4.98 Å². The van der Waals surface area contributed by atoms with Crippen LogP contribution in [0.2, 0.25) is 0 Å². The SMILES string of the molecule is Cc1ccc(C(=O)CCC(=O)N2CCN(c3ccc(C(F)(F)F)cn3)CC2)s1. The monoisotopic (exact) mass is 411 g/mol. The van der Waals surface area contributed by atoms with Gasteiger partial charge in [-0.2, -0.15) is 13.2 Å². The fourth-order valence-corrected chi connectivity index (χ4v) is 3.85. The summed E-state index contributed by atoms with van der Waals surface area (Å²) in [7, 11) is 0. The number of aromatic nitrogens is 1. The highest BCUT2D eigenvalue weighted by Gasteiger charge is 2.31. The average molecular weight is 411 g/mol. The second kappa shape index (κ2) is 8.30. The number of aryl methyl sites for hydroxylation is 1. The fraction of sp³-hybridized carbons (Fsp3) is 0.421. The number of rotatable bonds is 5. The van der Waals surface area contributed by atoms with Crippen LogP contribution in [-0.2, 0) is 11.0 Å². The number of Topliss-reactive ketones (excluding diaryl/α,β-unsaturated/α-hetero) is 1. The van der Waals surface area contributed by atoms with E-state index in [1.807, 2.05) is 17.9 Å². The van der Waals surface area contributed by atoms with Crippen molar-refractivity contribution in [2.45, 2.75) is 25.9 Å². The van der Waals surface area contributed by atoms with E-state index in [2.05, 4.69) is 4.98 Å². The Balaban J connectivity index is 1.48. The molecule has 3 heterocycles. The van der Waals surface area contributed by atoms with Crippen LogP contribution >= 0.6 is 11.3 Å². The van der Waals surface area contributed by atoms with Gasteiger partial charge in [-0.1, -0.05) is 0 Å². The Labute approximate surface area is 164 Å². The lowest BCUT2D eigenvalue weighted by molar-refractivity contribution is -0.137. The quantitative estimate of drug-likeness (QED) is 0.703. The summed E-state index contributed by atoms with van der Waals surface area (Å²) in [6.45, 7) is 3.81. The van der Waals surface area contributed by atoms with Gasteiger partial charge in [-0.05, 0) is 31.2 Å². The largest absolute Gasteiger partial charge is 0.417 e. The van der Waals surface area contributed by atoms with Crippen LogP contribution in [0.25, 0.3) is 0 Å². The average Bonchev–Trinajstić information content (AvgIpc) is 3.12. The van der Waals surface area contributed by atoms with Gasteiger partial charge in [0.15, 0.2) is 5.78 Å². The molecule has 1 aliphatic rings. The van der Waals surface area contributed by atoms with Gasteiger partial charge < -0.3 is 9.80 Å². The number of carbonyl (C=O) groups excluding carboxylic acids is 2. The van der Waals surface area contributed by atoms with Crippen molar-refractivity contribution in [2.75, 3.05) is 31.1 Å². The van der Waals surface area contributed by atoms with Crippen molar-refractivity contribution in [3.8, 4) is 0 Å². The number of anilines is 1. The molecule has 0 atom stereocenters. The summed E-state index contributed by atoms with van der Waals surface area (Å²) in [6.07, 6.45) is -3.24. The van der Waals surface area contributed by atoms with E-state index in [0.29, 0.717) is 36.9 Å². The zero-order chi connectivity index (χ0) is 20.3. The third-order valence-electron chi connectivity index (χ3n) is 4.61. The van der Waals surface area contributed by atoms with Gasteiger partial charge in [0, 0.05) is 50.1 Å². The van der Waals surface area contributed by atoms with Crippen molar-refractivity contribution in [1.82, 2.24) is 9.88 Å². The normalized spacial score (nSPS) is 15.0.